The van der Waals surface area contributed by atoms with Crippen LogP contribution in [-0.4, -0.2) is 5.75 Å². The van der Waals surface area contributed by atoms with Gasteiger partial charge in [0.15, 0.2) is 23.3 Å². The van der Waals surface area contributed by atoms with E-state index in [1.165, 1.54) is 0 Å². The van der Waals surface area contributed by atoms with E-state index < -0.39 is 34.0 Å². The molecule has 0 nitrogen and oxygen atoms in total. The van der Waals surface area contributed by atoms with Crippen molar-refractivity contribution in [1.82, 2.24) is 0 Å². The zero-order valence-electron chi connectivity index (χ0n) is 8.42. The molecule has 6 heteroatoms. The second kappa shape index (κ2) is 5.52. The Morgan fingerprint density at radius 1 is 0.812 bits per heavy atom. The van der Waals surface area contributed by atoms with E-state index in [4.69, 9.17) is 0 Å². The van der Waals surface area contributed by atoms with Gasteiger partial charge in [0.25, 0.3) is 0 Å². The van der Waals surface area contributed by atoms with Crippen molar-refractivity contribution in [1.29, 1.82) is 0 Å². The molecule has 0 amide bonds. The number of halogens is 5. The van der Waals surface area contributed by atoms with Crippen molar-refractivity contribution < 1.29 is 22.0 Å². The van der Waals surface area contributed by atoms with E-state index in [2.05, 4.69) is 0 Å². The van der Waals surface area contributed by atoms with Gasteiger partial charge in [-0.1, -0.05) is 13.3 Å². The predicted octanol–water partition coefficient (Wildman–Crippen LogP) is 4.27. The summed E-state index contributed by atoms with van der Waals surface area (Å²) in [6.07, 6.45) is 1.42. The first-order chi connectivity index (χ1) is 7.50. The summed E-state index contributed by atoms with van der Waals surface area (Å²) in [4.78, 5) is -0.801. The molecular formula is C10H9F5S. The molecule has 0 unspecified atom stereocenters. The molecule has 0 aliphatic heterocycles. The van der Waals surface area contributed by atoms with Crippen LogP contribution in [0.2, 0.25) is 0 Å². The summed E-state index contributed by atoms with van der Waals surface area (Å²) in [7, 11) is 0. The third-order valence-electron chi connectivity index (χ3n) is 1.91. The highest BCUT2D eigenvalue weighted by Crippen LogP contribution is 2.31. The molecule has 0 aliphatic rings. The first-order valence-electron chi connectivity index (χ1n) is 4.64. The molecule has 0 spiro atoms. The van der Waals surface area contributed by atoms with Gasteiger partial charge < -0.3 is 0 Å². The second-order valence-electron chi connectivity index (χ2n) is 3.10. The smallest absolute Gasteiger partial charge is 0.200 e. The molecular weight excluding hydrogens is 247 g/mol. The first kappa shape index (κ1) is 13.3. The normalized spacial score (nSPS) is 10.9. The van der Waals surface area contributed by atoms with Gasteiger partial charge in [0.05, 0.1) is 4.90 Å². The molecule has 0 radical (unpaired) electrons. The molecule has 0 saturated carbocycles. The molecule has 0 atom stereocenters. The molecule has 0 N–H and O–H groups in total. The van der Waals surface area contributed by atoms with E-state index in [1.807, 2.05) is 6.92 Å². The molecule has 1 rings (SSSR count). The fourth-order valence-corrected chi connectivity index (χ4v) is 2.10. The van der Waals surface area contributed by atoms with Crippen LogP contribution in [0.25, 0.3) is 0 Å². The van der Waals surface area contributed by atoms with Gasteiger partial charge in [-0.2, -0.15) is 0 Å². The van der Waals surface area contributed by atoms with Crippen molar-refractivity contribution in [2.45, 2.75) is 24.7 Å². The van der Waals surface area contributed by atoms with Gasteiger partial charge in [0, 0.05) is 0 Å². The molecule has 16 heavy (non-hydrogen) atoms. The number of benzene rings is 1. The number of thioether (sulfide) groups is 1. The maximum atomic E-state index is 13.1. The van der Waals surface area contributed by atoms with Crippen LogP contribution in [0, 0.1) is 29.1 Å². The van der Waals surface area contributed by atoms with Crippen LogP contribution in [0.5, 0.6) is 0 Å². The number of hydrogen-bond donors (Lipinski definition) is 0. The summed E-state index contributed by atoms with van der Waals surface area (Å²) >= 11 is 0.639. The third kappa shape index (κ3) is 2.48. The molecule has 0 aromatic heterocycles. The van der Waals surface area contributed by atoms with Gasteiger partial charge >= 0.3 is 0 Å². The summed E-state index contributed by atoms with van der Waals surface area (Å²) in [5.41, 5.74) is 0. The minimum absolute atomic E-state index is 0.314. The summed E-state index contributed by atoms with van der Waals surface area (Å²) in [6, 6.07) is 0. The lowest BCUT2D eigenvalue weighted by molar-refractivity contribution is 0.361. The number of hydrogen-bond acceptors (Lipinski definition) is 1. The van der Waals surface area contributed by atoms with Gasteiger partial charge in [0.2, 0.25) is 5.82 Å². The fourth-order valence-electron chi connectivity index (χ4n) is 1.03. The van der Waals surface area contributed by atoms with Crippen LogP contribution in [0.4, 0.5) is 22.0 Å². The minimum Gasteiger partial charge on any atom is -0.202 e. The molecule has 0 aliphatic carbocycles. The Labute approximate surface area is 93.8 Å². The molecule has 1 aromatic rings. The van der Waals surface area contributed by atoms with E-state index >= 15 is 0 Å². The highest BCUT2D eigenvalue weighted by Gasteiger charge is 2.25. The van der Waals surface area contributed by atoms with E-state index in [9.17, 15) is 22.0 Å². The highest BCUT2D eigenvalue weighted by atomic mass is 32.2. The van der Waals surface area contributed by atoms with Gasteiger partial charge in [-0.25, -0.2) is 22.0 Å². The predicted molar refractivity (Wildman–Crippen MR) is 51.9 cm³/mol. The quantitative estimate of drug-likeness (QED) is 0.255. The van der Waals surface area contributed by atoms with E-state index in [0.717, 1.165) is 6.42 Å². The standard InChI is InChI=1S/C10H9F5S/c1-2-3-4-16-10-8(14)6(12)5(11)7(13)9(10)15/h2-4H2,1H3. The van der Waals surface area contributed by atoms with E-state index in [1.54, 1.807) is 0 Å². The molecule has 0 bridgehead atoms. The van der Waals surface area contributed by atoms with Gasteiger partial charge in [-0.15, -0.1) is 11.8 Å². The summed E-state index contributed by atoms with van der Waals surface area (Å²) in [6.45, 7) is 1.86. The molecule has 90 valence electrons. The lowest BCUT2D eigenvalue weighted by atomic mass is 10.3. The van der Waals surface area contributed by atoms with Crippen molar-refractivity contribution in [2.75, 3.05) is 5.75 Å². The van der Waals surface area contributed by atoms with Gasteiger partial charge in [-0.05, 0) is 12.2 Å². The molecule has 0 saturated heterocycles. The van der Waals surface area contributed by atoms with Crippen molar-refractivity contribution in [3.8, 4) is 0 Å². The Morgan fingerprint density at radius 2 is 1.25 bits per heavy atom. The minimum atomic E-state index is -2.12. The topological polar surface area (TPSA) is 0 Å². The Hall–Kier alpha value is -0.780. The maximum Gasteiger partial charge on any atom is 0.200 e. The Kier molecular flexibility index (Phi) is 4.58. The van der Waals surface area contributed by atoms with Crippen molar-refractivity contribution in [2.24, 2.45) is 0 Å². The van der Waals surface area contributed by atoms with Crippen molar-refractivity contribution >= 4 is 11.8 Å². The first-order valence-corrected chi connectivity index (χ1v) is 5.63. The zero-order valence-corrected chi connectivity index (χ0v) is 9.24. The average molecular weight is 256 g/mol. The van der Waals surface area contributed by atoms with Crippen molar-refractivity contribution in [3.63, 3.8) is 0 Å². The second-order valence-corrected chi connectivity index (χ2v) is 4.21. The van der Waals surface area contributed by atoms with Crippen LogP contribution in [0.1, 0.15) is 19.8 Å². The van der Waals surface area contributed by atoms with Crippen molar-refractivity contribution in [3.05, 3.63) is 29.1 Å². The van der Waals surface area contributed by atoms with Gasteiger partial charge in [0.1, 0.15) is 0 Å². The molecule has 0 fully saturated rings. The summed E-state index contributed by atoms with van der Waals surface area (Å²) in [5.74, 6) is -9.09. The lowest BCUT2D eigenvalue weighted by Crippen LogP contribution is -2.03. The number of unbranched alkanes of at least 4 members (excludes halogenated alkanes) is 1. The highest BCUT2D eigenvalue weighted by molar-refractivity contribution is 7.99. The Bertz CT molecular complexity index is 362. The maximum absolute atomic E-state index is 13.1. The molecule has 0 heterocycles. The third-order valence-corrected chi connectivity index (χ3v) is 3.05. The molecule has 1 aromatic carbocycles. The number of rotatable bonds is 4. The largest absolute Gasteiger partial charge is 0.202 e. The van der Waals surface area contributed by atoms with Crippen LogP contribution >= 0.6 is 11.8 Å². The summed E-state index contributed by atoms with van der Waals surface area (Å²) in [5, 5.41) is 0. The monoisotopic (exact) mass is 256 g/mol. The average Bonchev–Trinajstić information content (AvgIpc) is 2.28. The Balaban J connectivity index is 3.08. The van der Waals surface area contributed by atoms with Crippen LogP contribution in [0.3, 0.4) is 0 Å². The van der Waals surface area contributed by atoms with Gasteiger partial charge in [-0.3, -0.25) is 0 Å². The van der Waals surface area contributed by atoms with Crippen LogP contribution in [0.15, 0.2) is 4.90 Å². The van der Waals surface area contributed by atoms with Crippen LogP contribution in [-0.2, 0) is 0 Å². The Morgan fingerprint density at radius 3 is 1.69 bits per heavy atom. The summed E-state index contributed by atoms with van der Waals surface area (Å²) < 4.78 is 64.3. The van der Waals surface area contributed by atoms with E-state index in [0.29, 0.717) is 23.9 Å². The zero-order chi connectivity index (χ0) is 12.3. The fraction of sp³-hybridized carbons (Fsp3) is 0.400. The lowest BCUT2D eigenvalue weighted by Gasteiger charge is -2.07. The van der Waals surface area contributed by atoms with Crippen LogP contribution < -0.4 is 0 Å². The SMILES string of the molecule is CCCCSc1c(F)c(F)c(F)c(F)c1F. The van der Waals surface area contributed by atoms with E-state index in [-0.39, 0.29) is 0 Å².